The summed E-state index contributed by atoms with van der Waals surface area (Å²) in [7, 11) is -2.44. The molecule has 3 rings (SSSR count). The van der Waals surface area contributed by atoms with Gasteiger partial charge in [-0.05, 0) is 43.2 Å². The van der Waals surface area contributed by atoms with E-state index in [1.54, 1.807) is 23.9 Å². The highest BCUT2D eigenvalue weighted by molar-refractivity contribution is 8.14. The molecule has 0 spiro atoms. The Hall–Kier alpha value is -2.23. The summed E-state index contributed by atoms with van der Waals surface area (Å²) in [6.45, 7) is 2.87. The van der Waals surface area contributed by atoms with Crippen molar-refractivity contribution in [2.45, 2.75) is 24.3 Å². The Morgan fingerprint density at radius 1 is 1.14 bits per heavy atom. The number of rotatable bonds is 9. The van der Waals surface area contributed by atoms with Gasteiger partial charge in [-0.25, -0.2) is 13.6 Å². The number of nitrogens with two attached hydrogens (primary N) is 1. The topological polar surface area (TPSA) is 100 Å². The third-order valence-electron chi connectivity index (χ3n) is 4.27. The van der Waals surface area contributed by atoms with E-state index in [1.165, 1.54) is 7.11 Å². The van der Waals surface area contributed by atoms with Crippen molar-refractivity contribution < 1.29 is 22.6 Å². The molecule has 0 bridgehead atoms. The molecular formula is C20H24N2O5S2. The molecule has 7 nitrogen and oxygen atoms in total. The van der Waals surface area contributed by atoms with Crippen molar-refractivity contribution in [1.29, 1.82) is 0 Å². The highest BCUT2D eigenvalue weighted by Crippen LogP contribution is 2.29. The maximum atomic E-state index is 11.8. The van der Waals surface area contributed by atoms with Gasteiger partial charge < -0.3 is 14.2 Å². The predicted octanol–water partition coefficient (Wildman–Crippen LogP) is 2.88. The quantitative estimate of drug-likeness (QED) is 0.649. The summed E-state index contributed by atoms with van der Waals surface area (Å²) in [5.41, 5.74) is 0.841. The van der Waals surface area contributed by atoms with E-state index in [1.807, 2.05) is 37.3 Å². The molecule has 1 unspecified atom stereocenters. The summed E-state index contributed by atoms with van der Waals surface area (Å²) < 4.78 is 40.1. The van der Waals surface area contributed by atoms with Crippen LogP contribution >= 0.6 is 11.8 Å². The fourth-order valence-electron chi connectivity index (χ4n) is 2.98. The van der Waals surface area contributed by atoms with Gasteiger partial charge in [0, 0.05) is 5.75 Å². The number of nitrogens with zero attached hydrogens (tertiary/aromatic N) is 1. The van der Waals surface area contributed by atoms with Crippen LogP contribution in [0.3, 0.4) is 0 Å². The lowest BCUT2D eigenvalue weighted by Gasteiger charge is -2.11. The van der Waals surface area contributed by atoms with Crippen LogP contribution in [0.25, 0.3) is 0 Å². The molecule has 29 heavy (non-hydrogen) atoms. The molecule has 1 heterocycles. The molecule has 1 aliphatic rings. The largest absolute Gasteiger partial charge is 0.495 e. The van der Waals surface area contributed by atoms with E-state index in [0.717, 1.165) is 16.4 Å². The number of methoxy groups -OCH3 is 1. The number of ether oxygens (including phenoxy) is 3. The summed E-state index contributed by atoms with van der Waals surface area (Å²) in [4.78, 5) is 4.70. The van der Waals surface area contributed by atoms with Gasteiger partial charge in [0.25, 0.3) is 0 Å². The van der Waals surface area contributed by atoms with Gasteiger partial charge in [0.2, 0.25) is 10.0 Å². The molecule has 0 aromatic heterocycles. The van der Waals surface area contributed by atoms with Gasteiger partial charge in [0.1, 0.15) is 22.3 Å². The Morgan fingerprint density at radius 3 is 2.52 bits per heavy atom. The summed E-state index contributed by atoms with van der Waals surface area (Å²) >= 11 is 1.64. The van der Waals surface area contributed by atoms with Gasteiger partial charge in [-0.3, -0.25) is 4.99 Å². The zero-order valence-corrected chi connectivity index (χ0v) is 18.0. The smallest absolute Gasteiger partial charge is 0.241 e. The third-order valence-corrected chi connectivity index (χ3v) is 6.31. The van der Waals surface area contributed by atoms with Crippen molar-refractivity contribution in [3.8, 4) is 17.2 Å². The zero-order valence-electron chi connectivity index (χ0n) is 16.3. The van der Waals surface area contributed by atoms with E-state index >= 15 is 0 Å². The van der Waals surface area contributed by atoms with Crippen LogP contribution in [0, 0.1) is 0 Å². The molecule has 0 fully saturated rings. The summed E-state index contributed by atoms with van der Waals surface area (Å²) in [6, 6.07) is 12.6. The van der Waals surface area contributed by atoms with Crippen molar-refractivity contribution in [2.75, 3.05) is 26.1 Å². The number of sulfonamides is 1. The van der Waals surface area contributed by atoms with Gasteiger partial charge in [0.05, 0.1) is 19.8 Å². The SMILES string of the molecule is CCOc1ccccc1OCC1=NC(Cc2ccc(OC)c(S(N)(=O)=O)c2)CS1. The molecule has 2 aromatic rings. The monoisotopic (exact) mass is 436 g/mol. The van der Waals surface area contributed by atoms with Crippen molar-refractivity contribution in [3.63, 3.8) is 0 Å². The maximum Gasteiger partial charge on any atom is 0.241 e. The summed E-state index contributed by atoms with van der Waals surface area (Å²) in [5.74, 6) is 2.45. The van der Waals surface area contributed by atoms with E-state index in [0.29, 0.717) is 31.1 Å². The number of thioether (sulfide) groups is 1. The van der Waals surface area contributed by atoms with Crippen LogP contribution in [-0.2, 0) is 16.4 Å². The van der Waals surface area contributed by atoms with Gasteiger partial charge in [0.15, 0.2) is 11.5 Å². The number of para-hydroxylation sites is 2. The Balaban J connectivity index is 1.65. The fourth-order valence-corrected chi connectivity index (χ4v) is 4.67. The summed E-state index contributed by atoms with van der Waals surface area (Å²) in [5, 5.41) is 6.20. The minimum atomic E-state index is -3.86. The molecular weight excluding hydrogens is 412 g/mol. The second-order valence-corrected chi connectivity index (χ2v) is 9.01. The molecule has 0 saturated heterocycles. The van der Waals surface area contributed by atoms with Crippen LogP contribution in [0.15, 0.2) is 52.4 Å². The lowest BCUT2D eigenvalue weighted by Crippen LogP contribution is -2.15. The Bertz CT molecular complexity index is 992. The maximum absolute atomic E-state index is 11.8. The number of primary sulfonamides is 1. The molecule has 2 N–H and O–H groups in total. The highest BCUT2D eigenvalue weighted by atomic mass is 32.2. The number of hydrogen-bond donors (Lipinski definition) is 1. The van der Waals surface area contributed by atoms with E-state index in [-0.39, 0.29) is 16.7 Å². The molecule has 2 aromatic carbocycles. The molecule has 9 heteroatoms. The standard InChI is InChI=1S/C20H24N2O5S2/c1-3-26-16-6-4-5-7-17(16)27-12-20-22-15(13-28-20)10-14-8-9-18(25-2)19(11-14)29(21,23)24/h4-9,11,15H,3,10,12-13H2,1-2H3,(H2,21,23,24). The van der Waals surface area contributed by atoms with Gasteiger partial charge in [-0.15, -0.1) is 11.8 Å². The molecule has 156 valence electrons. The lowest BCUT2D eigenvalue weighted by molar-refractivity contribution is 0.302. The minimum absolute atomic E-state index is 0.0109. The Kier molecular flexibility index (Phi) is 7.05. The minimum Gasteiger partial charge on any atom is -0.495 e. The van der Waals surface area contributed by atoms with E-state index in [9.17, 15) is 8.42 Å². The first-order valence-corrected chi connectivity index (χ1v) is 11.7. The first kappa shape index (κ1) is 21.5. The second-order valence-electron chi connectivity index (χ2n) is 6.39. The normalized spacial score (nSPS) is 16.4. The number of aliphatic imine (C=N–C) groups is 1. The van der Waals surface area contributed by atoms with Crippen molar-refractivity contribution in [1.82, 2.24) is 0 Å². The average Bonchev–Trinajstić information content (AvgIpc) is 3.14. The van der Waals surface area contributed by atoms with Crippen LogP contribution < -0.4 is 19.3 Å². The van der Waals surface area contributed by atoms with Crippen molar-refractivity contribution >= 4 is 26.8 Å². The Labute approximate surface area is 175 Å². The predicted molar refractivity (Wildman–Crippen MR) is 115 cm³/mol. The average molecular weight is 437 g/mol. The van der Waals surface area contributed by atoms with Gasteiger partial charge in [-0.1, -0.05) is 18.2 Å². The van der Waals surface area contributed by atoms with Gasteiger partial charge >= 0.3 is 0 Å². The Morgan fingerprint density at radius 2 is 1.86 bits per heavy atom. The first-order chi connectivity index (χ1) is 13.9. The molecule has 0 amide bonds. The van der Waals surface area contributed by atoms with Crippen molar-refractivity contribution in [3.05, 3.63) is 48.0 Å². The molecule has 0 saturated carbocycles. The van der Waals surface area contributed by atoms with E-state index in [2.05, 4.69) is 0 Å². The zero-order chi connectivity index (χ0) is 20.9. The molecule has 0 aliphatic carbocycles. The van der Waals surface area contributed by atoms with E-state index < -0.39 is 10.0 Å². The van der Waals surface area contributed by atoms with Crippen molar-refractivity contribution in [2.24, 2.45) is 10.1 Å². The lowest BCUT2D eigenvalue weighted by atomic mass is 10.1. The van der Waals surface area contributed by atoms with Crippen LogP contribution in [0.2, 0.25) is 0 Å². The highest BCUT2D eigenvalue weighted by Gasteiger charge is 2.21. The third kappa shape index (κ3) is 5.65. The van der Waals surface area contributed by atoms with Crippen LogP contribution in [-0.4, -0.2) is 45.6 Å². The van der Waals surface area contributed by atoms with Crippen LogP contribution in [0.4, 0.5) is 0 Å². The number of benzene rings is 2. The first-order valence-electron chi connectivity index (χ1n) is 9.14. The van der Waals surface area contributed by atoms with Gasteiger partial charge in [-0.2, -0.15) is 0 Å². The number of hydrogen-bond acceptors (Lipinski definition) is 7. The second kappa shape index (κ2) is 9.51. The fraction of sp³-hybridized carbons (Fsp3) is 0.350. The van der Waals surface area contributed by atoms with E-state index in [4.69, 9.17) is 24.3 Å². The van der Waals surface area contributed by atoms with Crippen LogP contribution in [0.1, 0.15) is 12.5 Å². The summed E-state index contributed by atoms with van der Waals surface area (Å²) in [6.07, 6.45) is 0.610. The molecule has 1 aliphatic heterocycles. The molecule has 1 atom stereocenters. The van der Waals surface area contributed by atoms with Crippen LogP contribution in [0.5, 0.6) is 17.2 Å². The molecule has 0 radical (unpaired) electrons.